The summed E-state index contributed by atoms with van der Waals surface area (Å²) in [6.45, 7) is 12.7. The summed E-state index contributed by atoms with van der Waals surface area (Å²) in [4.78, 5) is 2.54. The SMILES string of the molecule is CNC(c1ccc(C)cc1C)C(C)(C)N1CCOCC1. The Morgan fingerprint density at radius 3 is 2.40 bits per heavy atom. The molecule has 1 aromatic carbocycles. The lowest BCUT2D eigenvalue weighted by molar-refractivity contribution is -0.0229. The van der Waals surface area contributed by atoms with Gasteiger partial charge in [0.05, 0.1) is 19.3 Å². The van der Waals surface area contributed by atoms with Crippen molar-refractivity contribution < 1.29 is 4.74 Å². The summed E-state index contributed by atoms with van der Waals surface area (Å²) in [5.41, 5.74) is 4.16. The first kappa shape index (κ1) is 15.5. The molecule has 1 fully saturated rings. The van der Waals surface area contributed by atoms with E-state index in [1.807, 2.05) is 0 Å². The Balaban J connectivity index is 2.29. The van der Waals surface area contributed by atoms with Crippen molar-refractivity contribution in [3.8, 4) is 0 Å². The molecule has 3 heteroatoms. The lowest BCUT2D eigenvalue weighted by Gasteiger charge is -2.46. The van der Waals surface area contributed by atoms with E-state index >= 15 is 0 Å². The Kier molecular flexibility index (Phi) is 4.84. The molecule has 0 saturated carbocycles. The molecular weight excluding hydrogens is 248 g/mol. The molecule has 0 aromatic heterocycles. The normalized spacial score (nSPS) is 19.1. The predicted octanol–water partition coefficient (Wildman–Crippen LogP) is 2.67. The van der Waals surface area contributed by atoms with Gasteiger partial charge in [-0.2, -0.15) is 0 Å². The highest BCUT2D eigenvalue weighted by Crippen LogP contribution is 2.33. The predicted molar refractivity (Wildman–Crippen MR) is 84.2 cm³/mol. The number of ether oxygens (including phenoxy) is 1. The summed E-state index contributed by atoms with van der Waals surface area (Å²) in [5, 5.41) is 3.53. The third kappa shape index (κ3) is 3.05. The first-order valence-corrected chi connectivity index (χ1v) is 7.54. The Labute approximate surface area is 123 Å². The lowest BCUT2D eigenvalue weighted by Crippen LogP contribution is -2.55. The molecule has 0 spiro atoms. The van der Waals surface area contributed by atoms with Crippen LogP contribution in [0, 0.1) is 13.8 Å². The van der Waals surface area contributed by atoms with Crippen molar-refractivity contribution in [1.29, 1.82) is 0 Å². The summed E-state index contributed by atoms with van der Waals surface area (Å²) < 4.78 is 5.49. The van der Waals surface area contributed by atoms with Crippen molar-refractivity contribution in [2.24, 2.45) is 0 Å². The topological polar surface area (TPSA) is 24.5 Å². The molecule has 1 atom stereocenters. The van der Waals surface area contributed by atoms with Crippen LogP contribution in [0.25, 0.3) is 0 Å². The van der Waals surface area contributed by atoms with E-state index in [2.05, 4.69) is 63.2 Å². The molecule has 1 N–H and O–H groups in total. The minimum atomic E-state index is 0.0680. The van der Waals surface area contributed by atoms with Crippen LogP contribution in [-0.4, -0.2) is 43.8 Å². The Morgan fingerprint density at radius 1 is 1.20 bits per heavy atom. The van der Waals surface area contributed by atoms with Gasteiger partial charge in [-0.15, -0.1) is 0 Å². The molecule has 20 heavy (non-hydrogen) atoms. The molecule has 0 amide bonds. The van der Waals surface area contributed by atoms with Gasteiger partial charge >= 0.3 is 0 Å². The van der Waals surface area contributed by atoms with Gasteiger partial charge in [-0.3, -0.25) is 4.90 Å². The molecule has 2 rings (SSSR count). The minimum absolute atomic E-state index is 0.0680. The number of hydrogen-bond donors (Lipinski definition) is 1. The third-order valence-electron chi connectivity index (χ3n) is 4.56. The van der Waals surface area contributed by atoms with E-state index in [9.17, 15) is 0 Å². The van der Waals surface area contributed by atoms with Crippen LogP contribution in [0.5, 0.6) is 0 Å². The molecule has 3 nitrogen and oxygen atoms in total. The average Bonchev–Trinajstić information content (AvgIpc) is 2.43. The molecule has 112 valence electrons. The molecule has 1 aliphatic rings. The number of rotatable bonds is 4. The third-order valence-corrected chi connectivity index (χ3v) is 4.56. The van der Waals surface area contributed by atoms with Crippen molar-refractivity contribution in [2.75, 3.05) is 33.4 Å². The first-order valence-electron chi connectivity index (χ1n) is 7.54. The summed E-state index contributed by atoms with van der Waals surface area (Å²) in [6.07, 6.45) is 0. The van der Waals surface area contributed by atoms with Gasteiger partial charge in [0.2, 0.25) is 0 Å². The van der Waals surface area contributed by atoms with Gasteiger partial charge in [0, 0.05) is 18.6 Å². The number of likely N-dealkylation sites (N-methyl/N-ethyl adjacent to an activating group) is 1. The van der Waals surface area contributed by atoms with Crippen LogP contribution in [0.2, 0.25) is 0 Å². The number of benzene rings is 1. The van der Waals surface area contributed by atoms with Crippen LogP contribution < -0.4 is 5.32 Å². The fourth-order valence-electron chi connectivity index (χ4n) is 3.36. The summed E-state index contributed by atoms with van der Waals surface area (Å²) in [7, 11) is 2.06. The van der Waals surface area contributed by atoms with Crippen LogP contribution in [0.1, 0.15) is 36.6 Å². The van der Waals surface area contributed by atoms with Gasteiger partial charge in [0.1, 0.15) is 0 Å². The quantitative estimate of drug-likeness (QED) is 0.915. The van der Waals surface area contributed by atoms with Crippen molar-refractivity contribution in [2.45, 2.75) is 39.3 Å². The summed E-state index contributed by atoms with van der Waals surface area (Å²) in [6, 6.07) is 7.08. The van der Waals surface area contributed by atoms with E-state index in [0.29, 0.717) is 6.04 Å². The maximum Gasteiger partial charge on any atom is 0.0594 e. The molecule has 1 unspecified atom stereocenters. The average molecular weight is 276 g/mol. The molecule has 1 saturated heterocycles. The van der Waals surface area contributed by atoms with Crippen molar-refractivity contribution in [3.63, 3.8) is 0 Å². The zero-order valence-corrected chi connectivity index (χ0v) is 13.5. The number of nitrogens with one attached hydrogen (secondary N) is 1. The lowest BCUT2D eigenvalue weighted by atomic mass is 9.84. The Hall–Kier alpha value is -0.900. The van der Waals surface area contributed by atoms with Crippen LogP contribution in [0.4, 0.5) is 0 Å². The monoisotopic (exact) mass is 276 g/mol. The number of nitrogens with zero attached hydrogens (tertiary/aromatic N) is 1. The zero-order chi connectivity index (χ0) is 14.8. The second-order valence-corrected chi connectivity index (χ2v) is 6.33. The number of morpholine rings is 1. The summed E-state index contributed by atoms with van der Waals surface area (Å²) >= 11 is 0. The van der Waals surface area contributed by atoms with Crippen molar-refractivity contribution in [3.05, 3.63) is 34.9 Å². The van der Waals surface area contributed by atoms with Crippen molar-refractivity contribution >= 4 is 0 Å². The fourth-order valence-corrected chi connectivity index (χ4v) is 3.36. The van der Waals surface area contributed by atoms with E-state index in [1.165, 1.54) is 16.7 Å². The van der Waals surface area contributed by atoms with Crippen LogP contribution in [0.15, 0.2) is 18.2 Å². The second kappa shape index (κ2) is 6.25. The van der Waals surface area contributed by atoms with Gasteiger partial charge < -0.3 is 10.1 Å². The Morgan fingerprint density at radius 2 is 1.85 bits per heavy atom. The smallest absolute Gasteiger partial charge is 0.0594 e. The van der Waals surface area contributed by atoms with Gasteiger partial charge in [-0.1, -0.05) is 23.8 Å². The maximum absolute atomic E-state index is 5.49. The van der Waals surface area contributed by atoms with Crippen LogP contribution in [0.3, 0.4) is 0 Å². The number of hydrogen-bond acceptors (Lipinski definition) is 3. The van der Waals surface area contributed by atoms with E-state index in [-0.39, 0.29) is 5.54 Å². The second-order valence-electron chi connectivity index (χ2n) is 6.33. The minimum Gasteiger partial charge on any atom is -0.379 e. The highest BCUT2D eigenvalue weighted by atomic mass is 16.5. The molecule has 0 bridgehead atoms. The van der Waals surface area contributed by atoms with Crippen molar-refractivity contribution in [1.82, 2.24) is 10.2 Å². The van der Waals surface area contributed by atoms with E-state index < -0.39 is 0 Å². The largest absolute Gasteiger partial charge is 0.379 e. The van der Waals surface area contributed by atoms with Gasteiger partial charge in [0.15, 0.2) is 0 Å². The molecule has 1 aromatic rings. The van der Waals surface area contributed by atoms with Crippen LogP contribution >= 0.6 is 0 Å². The van der Waals surface area contributed by atoms with E-state index in [0.717, 1.165) is 26.3 Å². The molecule has 1 heterocycles. The summed E-state index contributed by atoms with van der Waals surface area (Å²) in [5.74, 6) is 0. The standard InChI is InChI=1S/C17H28N2O/c1-13-6-7-15(14(2)12-13)16(18-5)17(3,4)19-8-10-20-11-9-19/h6-7,12,16,18H,8-11H2,1-5H3. The van der Waals surface area contributed by atoms with E-state index in [4.69, 9.17) is 4.74 Å². The van der Waals surface area contributed by atoms with Crippen LogP contribution in [-0.2, 0) is 4.74 Å². The maximum atomic E-state index is 5.49. The van der Waals surface area contributed by atoms with E-state index in [1.54, 1.807) is 0 Å². The highest BCUT2D eigenvalue weighted by molar-refractivity contribution is 5.34. The number of aryl methyl sites for hydroxylation is 2. The fraction of sp³-hybridized carbons (Fsp3) is 0.647. The molecule has 0 aliphatic carbocycles. The molecular formula is C17H28N2O. The Bertz CT molecular complexity index is 450. The molecule has 1 aliphatic heterocycles. The van der Waals surface area contributed by atoms with Gasteiger partial charge in [-0.25, -0.2) is 0 Å². The molecule has 0 radical (unpaired) electrons. The zero-order valence-electron chi connectivity index (χ0n) is 13.5. The first-order chi connectivity index (χ1) is 9.46. The van der Waals surface area contributed by atoms with Gasteiger partial charge in [-0.05, 0) is 45.9 Å². The van der Waals surface area contributed by atoms with Gasteiger partial charge in [0.25, 0.3) is 0 Å². The highest BCUT2D eigenvalue weighted by Gasteiger charge is 2.36.